The largest absolute Gasteiger partial charge is 0.323 e. The molecule has 0 saturated heterocycles. The lowest BCUT2D eigenvalue weighted by molar-refractivity contribution is 0.374. The molecule has 0 radical (unpaired) electrons. The minimum atomic E-state index is 0.0287. The average Bonchev–Trinajstić information content (AvgIpc) is 2.49. The molecule has 0 aliphatic carbocycles. The quantitative estimate of drug-likeness (QED) is 0.781. The van der Waals surface area contributed by atoms with Crippen LogP contribution in [0.2, 0.25) is 0 Å². The summed E-state index contributed by atoms with van der Waals surface area (Å²) in [6.45, 7) is 8.38. The molecule has 0 saturated carbocycles. The van der Waals surface area contributed by atoms with Crippen LogP contribution < -0.4 is 11.1 Å². The highest BCUT2D eigenvalue weighted by Crippen LogP contribution is 2.11. The minimum absolute atomic E-state index is 0.0287. The molecule has 0 bridgehead atoms. The molecular weight excluding hydrogens is 188 g/mol. The maximum absolute atomic E-state index is 6.02. The van der Waals surface area contributed by atoms with E-state index in [9.17, 15) is 0 Å². The SMILES string of the molecule is Cn1cc(C(N)CNCC(C)(C)C)cn1. The van der Waals surface area contributed by atoms with Crippen LogP contribution in [0, 0.1) is 5.41 Å². The number of aryl methyl sites for hydroxylation is 1. The summed E-state index contributed by atoms with van der Waals surface area (Å²) in [4.78, 5) is 0. The van der Waals surface area contributed by atoms with Gasteiger partial charge >= 0.3 is 0 Å². The lowest BCUT2D eigenvalue weighted by Gasteiger charge is -2.20. The van der Waals surface area contributed by atoms with E-state index in [1.165, 1.54) is 0 Å². The van der Waals surface area contributed by atoms with Crippen molar-refractivity contribution in [1.82, 2.24) is 15.1 Å². The van der Waals surface area contributed by atoms with Gasteiger partial charge in [0.1, 0.15) is 0 Å². The molecule has 1 heterocycles. The summed E-state index contributed by atoms with van der Waals surface area (Å²) in [6, 6.07) is 0.0287. The zero-order valence-corrected chi connectivity index (χ0v) is 10.1. The molecule has 0 aliphatic heterocycles. The van der Waals surface area contributed by atoms with Gasteiger partial charge in [0.15, 0.2) is 0 Å². The molecule has 0 spiro atoms. The molecule has 0 amide bonds. The number of nitrogens with one attached hydrogen (secondary N) is 1. The van der Waals surface area contributed by atoms with E-state index in [1.54, 1.807) is 4.68 Å². The first-order chi connectivity index (χ1) is 6.88. The fourth-order valence-corrected chi connectivity index (χ4v) is 1.35. The zero-order valence-electron chi connectivity index (χ0n) is 10.1. The van der Waals surface area contributed by atoms with E-state index >= 15 is 0 Å². The Balaban J connectivity index is 2.34. The van der Waals surface area contributed by atoms with Gasteiger partial charge in [0, 0.05) is 37.9 Å². The first-order valence-electron chi connectivity index (χ1n) is 5.33. The molecule has 1 atom stereocenters. The van der Waals surface area contributed by atoms with Gasteiger partial charge in [-0.15, -0.1) is 0 Å². The highest BCUT2D eigenvalue weighted by Gasteiger charge is 2.12. The highest BCUT2D eigenvalue weighted by atomic mass is 15.2. The van der Waals surface area contributed by atoms with Crippen LogP contribution in [0.15, 0.2) is 12.4 Å². The summed E-state index contributed by atoms with van der Waals surface area (Å²) in [5.74, 6) is 0. The predicted octanol–water partition coefficient (Wildman–Crippen LogP) is 1.06. The van der Waals surface area contributed by atoms with Gasteiger partial charge in [-0.1, -0.05) is 20.8 Å². The van der Waals surface area contributed by atoms with E-state index in [4.69, 9.17) is 5.73 Å². The Morgan fingerprint density at radius 3 is 2.67 bits per heavy atom. The van der Waals surface area contributed by atoms with Crippen molar-refractivity contribution >= 4 is 0 Å². The number of aromatic nitrogens is 2. The molecule has 1 aromatic rings. The summed E-state index contributed by atoms with van der Waals surface area (Å²) < 4.78 is 1.78. The summed E-state index contributed by atoms with van der Waals surface area (Å²) in [5, 5.41) is 7.47. The van der Waals surface area contributed by atoms with Crippen LogP contribution >= 0.6 is 0 Å². The lowest BCUT2D eigenvalue weighted by atomic mass is 9.97. The van der Waals surface area contributed by atoms with Crippen LogP contribution in [0.1, 0.15) is 32.4 Å². The van der Waals surface area contributed by atoms with Gasteiger partial charge in [0.05, 0.1) is 6.20 Å². The monoisotopic (exact) mass is 210 g/mol. The van der Waals surface area contributed by atoms with Crippen molar-refractivity contribution in [2.75, 3.05) is 13.1 Å². The molecule has 15 heavy (non-hydrogen) atoms. The molecule has 3 N–H and O–H groups in total. The Bertz CT molecular complexity index is 298. The molecule has 1 aromatic heterocycles. The molecule has 0 aliphatic rings. The van der Waals surface area contributed by atoms with Gasteiger partial charge in [-0.05, 0) is 5.41 Å². The average molecular weight is 210 g/mol. The van der Waals surface area contributed by atoms with Gasteiger partial charge in [-0.3, -0.25) is 4.68 Å². The molecule has 0 aromatic carbocycles. The van der Waals surface area contributed by atoms with Crippen molar-refractivity contribution in [2.24, 2.45) is 18.2 Å². The normalized spacial score (nSPS) is 14.2. The first kappa shape index (κ1) is 12.2. The third kappa shape index (κ3) is 4.44. The van der Waals surface area contributed by atoms with E-state index in [2.05, 4.69) is 31.2 Å². The molecule has 0 fully saturated rings. The molecule has 86 valence electrons. The Labute approximate surface area is 91.8 Å². The molecule has 4 nitrogen and oxygen atoms in total. The second-order valence-electron chi connectivity index (χ2n) is 5.25. The van der Waals surface area contributed by atoms with Crippen molar-refractivity contribution in [3.8, 4) is 0 Å². The predicted molar refractivity (Wildman–Crippen MR) is 62.5 cm³/mol. The lowest BCUT2D eigenvalue weighted by Crippen LogP contribution is -2.33. The number of rotatable bonds is 4. The van der Waals surface area contributed by atoms with E-state index in [0.29, 0.717) is 5.41 Å². The van der Waals surface area contributed by atoms with Crippen molar-refractivity contribution in [3.05, 3.63) is 18.0 Å². The second kappa shape index (κ2) is 4.77. The Kier molecular flexibility index (Phi) is 3.88. The molecular formula is C11H22N4. The summed E-state index contributed by atoms with van der Waals surface area (Å²) in [6.07, 6.45) is 3.78. The fourth-order valence-electron chi connectivity index (χ4n) is 1.35. The molecule has 1 rings (SSSR count). The molecule has 1 unspecified atom stereocenters. The first-order valence-corrected chi connectivity index (χ1v) is 5.33. The van der Waals surface area contributed by atoms with Crippen molar-refractivity contribution < 1.29 is 0 Å². The number of hydrogen-bond acceptors (Lipinski definition) is 3. The van der Waals surface area contributed by atoms with Gasteiger partial charge in [0.25, 0.3) is 0 Å². The number of hydrogen-bond donors (Lipinski definition) is 2. The maximum Gasteiger partial charge on any atom is 0.0537 e. The van der Waals surface area contributed by atoms with Gasteiger partial charge in [-0.2, -0.15) is 5.10 Å². The third-order valence-corrected chi connectivity index (χ3v) is 2.17. The van der Waals surface area contributed by atoms with Gasteiger partial charge < -0.3 is 11.1 Å². The van der Waals surface area contributed by atoms with E-state index < -0.39 is 0 Å². The maximum atomic E-state index is 6.02. The number of nitrogens with zero attached hydrogens (tertiary/aromatic N) is 2. The van der Waals surface area contributed by atoms with Crippen LogP contribution in [-0.2, 0) is 7.05 Å². The van der Waals surface area contributed by atoms with E-state index in [-0.39, 0.29) is 6.04 Å². The fraction of sp³-hybridized carbons (Fsp3) is 0.727. The standard InChI is InChI=1S/C11H22N4/c1-11(2,3)8-13-6-10(12)9-5-14-15(4)7-9/h5,7,10,13H,6,8,12H2,1-4H3. The zero-order chi connectivity index (χ0) is 11.5. The topological polar surface area (TPSA) is 55.9 Å². The second-order valence-corrected chi connectivity index (χ2v) is 5.25. The van der Waals surface area contributed by atoms with Gasteiger partial charge in [-0.25, -0.2) is 0 Å². The Hall–Kier alpha value is -0.870. The highest BCUT2D eigenvalue weighted by molar-refractivity contribution is 5.09. The number of nitrogens with two attached hydrogens (primary N) is 1. The van der Waals surface area contributed by atoms with Crippen molar-refractivity contribution in [3.63, 3.8) is 0 Å². The van der Waals surface area contributed by atoms with E-state index in [0.717, 1.165) is 18.7 Å². The minimum Gasteiger partial charge on any atom is -0.323 e. The molecule has 4 heteroatoms. The van der Waals surface area contributed by atoms with Gasteiger partial charge in [0.2, 0.25) is 0 Å². The Morgan fingerprint density at radius 2 is 2.20 bits per heavy atom. The summed E-state index contributed by atoms with van der Waals surface area (Å²) in [5.41, 5.74) is 7.40. The van der Waals surface area contributed by atoms with Crippen LogP contribution in [-0.4, -0.2) is 22.9 Å². The third-order valence-electron chi connectivity index (χ3n) is 2.17. The van der Waals surface area contributed by atoms with Crippen LogP contribution in [0.3, 0.4) is 0 Å². The summed E-state index contributed by atoms with van der Waals surface area (Å²) in [7, 11) is 1.90. The Morgan fingerprint density at radius 1 is 1.53 bits per heavy atom. The van der Waals surface area contributed by atoms with Crippen LogP contribution in [0.5, 0.6) is 0 Å². The van der Waals surface area contributed by atoms with E-state index in [1.807, 2.05) is 19.4 Å². The van der Waals surface area contributed by atoms with Crippen LogP contribution in [0.25, 0.3) is 0 Å². The summed E-state index contributed by atoms with van der Waals surface area (Å²) >= 11 is 0. The smallest absolute Gasteiger partial charge is 0.0537 e. The van der Waals surface area contributed by atoms with Crippen LogP contribution in [0.4, 0.5) is 0 Å². The van der Waals surface area contributed by atoms with Crippen molar-refractivity contribution in [1.29, 1.82) is 0 Å². The van der Waals surface area contributed by atoms with Crippen molar-refractivity contribution in [2.45, 2.75) is 26.8 Å².